The lowest BCUT2D eigenvalue weighted by molar-refractivity contribution is 0.0708. The van der Waals surface area contributed by atoms with Gasteiger partial charge in [0.1, 0.15) is 5.75 Å². The van der Waals surface area contributed by atoms with Crippen molar-refractivity contribution in [1.29, 1.82) is 0 Å². The molecule has 0 spiro atoms. The maximum absolute atomic E-state index is 12.9. The number of nitrogens with one attached hydrogen (secondary N) is 2. The number of carbonyl (C=O) groups excluding carboxylic acids is 2. The van der Waals surface area contributed by atoms with E-state index in [1.165, 1.54) is 12.8 Å². The van der Waals surface area contributed by atoms with E-state index in [1.54, 1.807) is 31.4 Å². The number of nitrogens with zero attached hydrogens (tertiary/aromatic N) is 1. The summed E-state index contributed by atoms with van der Waals surface area (Å²) in [5.74, 6) is 1.18. The van der Waals surface area contributed by atoms with Crippen LogP contribution in [0.2, 0.25) is 5.02 Å². The Morgan fingerprint density at radius 1 is 1.03 bits per heavy atom. The monoisotopic (exact) mass is 469 g/mol. The Morgan fingerprint density at radius 3 is 2.36 bits per heavy atom. The first-order valence-electron chi connectivity index (χ1n) is 11.8. The summed E-state index contributed by atoms with van der Waals surface area (Å²) in [6, 6.07) is 14.8. The van der Waals surface area contributed by atoms with Gasteiger partial charge in [0.15, 0.2) is 0 Å². The third kappa shape index (κ3) is 5.99. The van der Waals surface area contributed by atoms with Gasteiger partial charge in [-0.2, -0.15) is 0 Å². The first kappa shape index (κ1) is 23.4. The lowest BCUT2D eigenvalue weighted by Crippen LogP contribution is -2.50. The number of halogens is 1. The number of urea groups is 1. The molecular formula is C26H32ClN3O3. The number of hydrogen-bond donors (Lipinski definition) is 2. The maximum atomic E-state index is 12.9. The van der Waals surface area contributed by atoms with Crippen molar-refractivity contribution < 1.29 is 14.3 Å². The van der Waals surface area contributed by atoms with Gasteiger partial charge in [-0.1, -0.05) is 36.6 Å². The third-order valence-electron chi connectivity index (χ3n) is 6.82. The number of benzene rings is 2. The van der Waals surface area contributed by atoms with Gasteiger partial charge in [-0.05, 0) is 73.6 Å². The van der Waals surface area contributed by atoms with E-state index in [9.17, 15) is 9.59 Å². The SMILES string of the molecule is COc1ccc(C(=O)N2CCC(NC(=O)N[C@H](c3cccc(Cl)c3)C3CCCC3)CC2)cc1. The zero-order valence-corrected chi connectivity index (χ0v) is 19.8. The molecule has 4 rings (SSSR count). The molecule has 0 radical (unpaired) electrons. The molecule has 33 heavy (non-hydrogen) atoms. The molecule has 2 aromatic carbocycles. The molecule has 2 fully saturated rings. The smallest absolute Gasteiger partial charge is 0.315 e. The number of rotatable bonds is 6. The average Bonchev–Trinajstić information content (AvgIpc) is 3.37. The summed E-state index contributed by atoms with van der Waals surface area (Å²) in [4.78, 5) is 27.5. The maximum Gasteiger partial charge on any atom is 0.315 e. The Hall–Kier alpha value is -2.73. The number of amides is 3. The zero-order valence-electron chi connectivity index (χ0n) is 19.1. The lowest BCUT2D eigenvalue weighted by Gasteiger charge is -2.33. The van der Waals surface area contributed by atoms with Crippen LogP contribution in [0.3, 0.4) is 0 Å². The van der Waals surface area contributed by atoms with E-state index in [4.69, 9.17) is 16.3 Å². The molecule has 1 saturated heterocycles. The highest BCUT2D eigenvalue weighted by Gasteiger charge is 2.29. The number of carbonyl (C=O) groups is 2. The van der Waals surface area contributed by atoms with Crippen molar-refractivity contribution in [2.45, 2.75) is 50.6 Å². The Bertz CT molecular complexity index is 952. The second kappa shape index (κ2) is 10.9. The summed E-state index contributed by atoms with van der Waals surface area (Å²) in [6.07, 6.45) is 6.10. The van der Waals surface area contributed by atoms with Gasteiger partial charge in [0.2, 0.25) is 0 Å². The first-order valence-corrected chi connectivity index (χ1v) is 12.2. The molecule has 1 aliphatic carbocycles. The van der Waals surface area contributed by atoms with E-state index in [1.807, 2.05) is 29.2 Å². The fourth-order valence-corrected chi connectivity index (χ4v) is 5.17. The predicted octanol–water partition coefficient (Wildman–Crippen LogP) is 5.18. The minimum Gasteiger partial charge on any atom is -0.497 e. The molecule has 2 N–H and O–H groups in total. The summed E-state index contributed by atoms with van der Waals surface area (Å²) in [5, 5.41) is 7.04. The normalized spacial score (nSPS) is 18.1. The van der Waals surface area contributed by atoms with Gasteiger partial charge in [0.05, 0.1) is 13.2 Å². The second-order valence-corrected chi connectivity index (χ2v) is 9.43. The summed E-state index contributed by atoms with van der Waals surface area (Å²) >= 11 is 6.22. The molecule has 6 nitrogen and oxygen atoms in total. The lowest BCUT2D eigenvalue weighted by atomic mass is 9.91. The predicted molar refractivity (Wildman–Crippen MR) is 130 cm³/mol. The Morgan fingerprint density at radius 2 is 1.73 bits per heavy atom. The Labute approximate surface area is 200 Å². The molecule has 0 bridgehead atoms. The first-order chi connectivity index (χ1) is 16.0. The highest BCUT2D eigenvalue weighted by atomic mass is 35.5. The highest BCUT2D eigenvalue weighted by Crippen LogP contribution is 2.36. The number of methoxy groups -OCH3 is 1. The number of piperidine rings is 1. The molecule has 1 aliphatic heterocycles. The van der Waals surface area contributed by atoms with Crippen molar-refractivity contribution in [2.75, 3.05) is 20.2 Å². The minimum absolute atomic E-state index is 0.0165. The number of hydrogen-bond acceptors (Lipinski definition) is 3. The molecular weight excluding hydrogens is 438 g/mol. The molecule has 2 aromatic rings. The quantitative estimate of drug-likeness (QED) is 0.612. The van der Waals surface area contributed by atoms with E-state index in [0.717, 1.165) is 37.0 Å². The second-order valence-electron chi connectivity index (χ2n) is 8.99. The van der Waals surface area contributed by atoms with E-state index in [-0.39, 0.29) is 24.0 Å². The third-order valence-corrected chi connectivity index (χ3v) is 7.06. The van der Waals surface area contributed by atoms with Gasteiger partial charge in [-0.15, -0.1) is 0 Å². The molecule has 0 aromatic heterocycles. The number of ether oxygens (including phenoxy) is 1. The van der Waals surface area contributed by atoms with Gasteiger partial charge in [0, 0.05) is 29.7 Å². The van der Waals surface area contributed by atoms with Gasteiger partial charge < -0.3 is 20.3 Å². The topological polar surface area (TPSA) is 70.7 Å². The van der Waals surface area contributed by atoms with Crippen LogP contribution in [-0.2, 0) is 0 Å². The van der Waals surface area contributed by atoms with Crippen molar-refractivity contribution in [3.05, 3.63) is 64.7 Å². The zero-order chi connectivity index (χ0) is 23.2. The van der Waals surface area contributed by atoms with Crippen LogP contribution in [0.25, 0.3) is 0 Å². The molecule has 1 saturated carbocycles. The molecule has 176 valence electrons. The fraction of sp³-hybridized carbons (Fsp3) is 0.462. The molecule has 1 atom stereocenters. The average molecular weight is 470 g/mol. The highest BCUT2D eigenvalue weighted by molar-refractivity contribution is 6.30. The van der Waals surface area contributed by atoms with Crippen LogP contribution < -0.4 is 15.4 Å². The molecule has 0 unspecified atom stereocenters. The fourth-order valence-electron chi connectivity index (χ4n) is 4.98. The molecule has 2 aliphatic rings. The summed E-state index contributed by atoms with van der Waals surface area (Å²) in [7, 11) is 1.61. The molecule has 7 heteroatoms. The van der Waals surface area contributed by atoms with Gasteiger partial charge in [-0.3, -0.25) is 4.79 Å². The van der Waals surface area contributed by atoms with Crippen molar-refractivity contribution in [3.63, 3.8) is 0 Å². The van der Waals surface area contributed by atoms with Crippen molar-refractivity contribution >= 4 is 23.5 Å². The van der Waals surface area contributed by atoms with Crippen LogP contribution in [0.4, 0.5) is 4.79 Å². The van der Waals surface area contributed by atoms with E-state index < -0.39 is 0 Å². The van der Waals surface area contributed by atoms with Crippen LogP contribution in [0.5, 0.6) is 5.75 Å². The summed E-state index contributed by atoms with van der Waals surface area (Å²) in [6.45, 7) is 1.24. The van der Waals surface area contributed by atoms with Crippen LogP contribution in [-0.4, -0.2) is 43.1 Å². The van der Waals surface area contributed by atoms with Gasteiger partial charge in [0.25, 0.3) is 5.91 Å². The van der Waals surface area contributed by atoms with Crippen molar-refractivity contribution in [2.24, 2.45) is 5.92 Å². The standard InChI is InChI=1S/C26H32ClN3O3/c1-33-23-11-9-19(10-12-23)25(31)30-15-13-22(14-16-30)28-26(32)29-24(18-5-2-3-6-18)20-7-4-8-21(27)17-20/h4,7-12,17-18,22,24H,2-3,5-6,13-16H2,1H3,(H2,28,29,32)/t24-/m0/s1. The summed E-state index contributed by atoms with van der Waals surface area (Å²) < 4.78 is 5.16. The van der Waals surface area contributed by atoms with Crippen LogP contribution in [0, 0.1) is 5.92 Å². The van der Waals surface area contributed by atoms with Crippen molar-refractivity contribution in [3.8, 4) is 5.75 Å². The minimum atomic E-state index is -0.146. The Kier molecular flexibility index (Phi) is 7.76. The summed E-state index contributed by atoms with van der Waals surface area (Å²) in [5.41, 5.74) is 1.71. The number of likely N-dealkylation sites (tertiary alicyclic amines) is 1. The van der Waals surface area contributed by atoms with Gasteiger partial charge >= 0.3 is 6.03 Å². The Balaban J connectivity index is 1.31. The van der Waals surface area contributed by atoms with E-state index in [2.05, 4.69) is 10.6 Å². The largest absolute Gasteiger partial charge is 0.497 e. The van der Waals surface area contributed by atoms with Crippen LogP contribution >= 0.6 is 11.6 Å². The van der Waals surface area contributed by atoms with Crippen molar-refractivity contribution in [1.82, 2.24) is 15.5 Å². The molecule has 3 amide bonds. The van der Waals surface area contributed by atoms with E-state index in [0.29, 0.717) is 29.6 Å². The van der Waals surface area contributed by atoms with Crippen LogP contribution in [0.15, 0.2) is 48.5 Å². The van der Waals surface area contributed by atoms with E-state index >= 15 is 0 Å². The molecule has 1 heterocycles. The van der Waals surface area contributed by atoms with Crippen LogP contribution in [0.1, 0.15) is 60.5 Å². The van der Waals surface area contributed by atoms with Gasteiger partial charge in [-0.25, -0.2) is 4.79 Å².